The minimum atomic E-state index is -2.60. The summed E-state index contributed by atoms with van der Waals surface area (Å²) in [5.41, 5.74) is 0.440. The molecule has 3 fully saturated rings. The van der Waals surface area contributed by atoms with Gasteiger partial charge in [0.15, 0.2) is 0 Å². The minimum absolute atomic E-state index is 0.00540. The molecule has 3 aliphatic heterocycles. The molecule has 35 heavy (non-hydrogen) atoms. The molecule has 192 valence electrons. The normalized spacial score (nSPS) is 30.9. The second-order valence-electron chi connectivity index (χ2n) is 10.3. The lowest BCUT2D eigenvalue weighted by molar-refractivity contribution is -0.130. The van der Waals surface area contributed by atoms with Crippen LogP contribution in [0.3, 0.4) is 0 Å². The molecular weight excluding hydrogens is 456 g/mol. The molecule has 2 bridgehead atoms. The zero-order valence-electron chi connectivity index (χ0n) is 20.1. The van der Waals surface area contributed by atoms with Crippen LogP contribution >= 0.6 is 0 Å². The average molecular weight is 492 g/mol. The van der Waals surface area contributed by atoms with Gasteiger partial charge in [-0.1, -0.05) is 12.1 Å². The summed E-state index contributed by atoms with van der Waals surface area (Å²) >= 11 is 0. The van der Waals surface area contributed by atoms with Crippen LogP contribution in [-0.2, 0) is 9.53 Å². The number of rotatable bonds is 1. The number of halogens is 2. The maximum absolute atomic E-state index is 13.7. The van der Waals surface area contributed by atoms with Gasteiger partial charge in [-0.25, -0.2) is 8.78 Å². The lowest BCUT2D eigenvalue weighted by atomic mass is 9.90. The van der Waals surface area contributed by atoms with Crippen molar-refractivity contribution in [2.75, 3.05) is 32.8 Å². The van der Waals surface area contributed by atoms with E-state index in [1.165, 1.54) is 0 Å². The van der Waals surface area contributed by atoms with E-state index in [0.29, 0.717) is 56.9 Å². The first-order valence-electron chi connectivity index (χ1n) is 13.0. The second kappa shape index (κ2) is 10.4. The van der Waals surface area contributed by atoms with Crippen molar-refractivity contribution >= 4 is 11.8 Å². The smallest absolute Gasteiger partial charge is 0.258 e. The van der Waals surface area contributed by atoms with Gasteiger partial charge in [-0.05, 0) is 44.2 Å². The van der Waals surface area contributed by atoms with E-state index >= 15 is 0 Å². The summed E-state index contributed by atoms with van der Waals surface area (Å²) in [5.74, 6) is -2.54. The van der Waals surface area contributed by atoms with Gasteiger partial charge in [-0.2, -0.15) is 0 Å². The second-order valence-corrected chi connectivity index (χ2v) is 10.3. The number of benzene rings is 1. The summed E-state index contributed by atoms with van der Waals surface area (Å²) in [6, 6.07) is 6.47. The van der Waals surface area contributed by atoms with Crippen LogP contribution in [0.2, 0.25) is 0 Å². The van der Waals surface area contributed by atoms with Crippen LogP contribution in [0.5, 0.6) is 5.75 Å². The molecule has 1 N–H and O–H groups in total. The highest BCUT2D eigenvalue weighted by Gasteiger charge is 2.42. The summed E-state index contributed by atoms with van der Waals surface area (Å²) in [6.07, 6.45) is 4.19. The highest BCUT2D eigenvalue weighted by atomic mass is 19.3. The first kappa shape index (κ1) is 24.4. The maximum atomic E-state index is 13.7. The van der Waals surface area contributed by atoms with Gasteiger partial charge in [-0.3, -0.25) is 14.5 Å². The zero-order chi connectivity index (χ0) is 24.4. The van der Waals surface area contributed by atoms with Crippen molar-refractivity contribution in [3.63, 3.8) is 0 Å². The van der Waals surface area contributed by atoms with Crippen LogP contribution in [0, 0.1) is 0 Å². The summed E-state index contributed by atoms with van der Waals surface area (Å²) in [4.78, 5) is 30.9. The molecule has 1 aliphatic carbocycles. The van der Waals surface area contributed by atoms with Gasteiger partial charge >= 0.3 is 0 Å². The SMILES string of the molecule is O=C1NC[C@@H]2CCC[C@@H](CCOc3ccccc3C(=O)N3CCN(C4CCC(F)(F)CC4)C[C@@H]13)O2. The fourth-order valence-corrected chi connectivity index (χ4v) is 5.89. The van der Waals surface area contributed by atoms with Crippen LogP contribution in [0.4, 0.5) is 8.78 Å². The zero-order valence-corrected chi connectivity index (χ0v) is 20.1. The van der Waals surface area contributed by atoms with E-state index in [2.05, 4.69) is 10.2 Å². The van der Waals surface area contributed by atoms with E-state index < -0.39 is 12.0 Å². The number of ether oxygens (including phenoxy) is 2. The Labute approximate surface area is 205 Å². The Morgan fingerprint density at radius 3 is 2.57 bits per heavy atom. The number of hydrogen-bond acceptors (Lipinski definition) is 5. The number of piperazine rings is 1. The Balaban J connectivity index is 1.39. The number of nitrogens with one attached hydrogen (secondary N) is 1. The molecule has 0 aromatic heterocycles. The molecule has 9 heteroatoms. The van der Waals surface area contributed by atoms with Crippen molar-refractivity contribution in [3.05, 3.63) is 29.8 Å². The van der Waals surface area contributed by atoms with Crippen LogP contribution < -0.4 is 10.1 Å². The molecule has 5 rings (SSSR count). The molecule has 0 radical (unpaired) electrons. The topological polar surface area (TPSA) is 71.1 Å². The molecule has 2 saturated heterocycles. The van der Waals surface area contributed by atoms with Gasteiger partial charge in [0, 0.05) is 51.5 Å². The third-order valence-corrected chi connectivity index (χ3v) is 7.93. The first-order chi connectivity index (χ1) is 16.9. The highest BCUT2D eigenvalue weighted by molar-refractivity contribution is 6.00. The quantitative estimate of drug-likeness (QED) is 0.653. The number of hydrogen-bond donors (Lipinski definition) is 1. The average Bonchev–Trinajstić information content (AvgIpc) is 2.87. The maximum Gasteiger partial charge on any atom is 0.258 e. The minimum Gasteiger partial charge on any atom is -0.493 e. The predicted octanol–water partition coefficient (Wildman–Crippen LogP) is 3.23. The largest absolute Gasteiger partial charge is 0.493 e. The molecule has 1 aromatic rings. The van der Waals surface area contributed by atoms with E-state index in [-0.39, 0.29) is 42.9 Å². The number of fused-ring (bicyclic) bond motifs is 4. The fourth-order valence-electron chi connectivity index (χ4n) is 5.89. The molecular formula is C26H35F2N3O4. The number of nitrogens with zero attached hydrogens (tertiary/aromatic N) is 2. The van der Waals surface area contributed by atoms with Gasteiger partial charge in [0.05, 0.1) is 24.4 Å². The molecule has 7 nitrogen and oxygen atoms in total. The highest BCUT2D eigenvalue weighted by Crippen LogP contribution is 2.36. The number of carbonyl (C=O) groups is 2. The molecule has 2 amide bonds. The molecule has 0 unspecified atom stereocenters. The van der Waals surface area contributed by atoms with E-state index in [9.17, 15) is 18.4 Å². The Hall–Kier alpha value is -2.26. The third kappa shape index (κ3) is 5.61. The fraction of sp³-hybridized carbons (Fsp3) is 0.692. The Bertz CT molecular complexity index is 920. The molecule has 1 aromatic carbocycles. The van der Waals surface area contributed by atoms with Gasteiger partial charge in [0.25, 0.3) is 5.91 Å². The molecule has 3 atom stereocenters. The Morgan fingerprint density at radius 2 is 1.74 bits per heavy atom. The Kier molecular flexibility index (Phi) is 7.25. The lowest BCUT2D eigenvalue weighted by Gasteiger charge is -2.45. The van der Waals surface area contributed by atoms with Gasteiger partial charge < -0.3 is 19.7 Å². The standard InChI is InChI=1S/C26H35F2N3O4/c27-26(28)11-8-18(9-12-26)30-13-14-31-22(17-30)24(32)29-16-20-5-3-4-19(35-20)10-15-34-23-7-2-1-6-21(23)25(31)33/h1-2,6-7,18-20,22H,3-5,8-17H2,(H,29,32)/t19-,20-,22-/m0/s1. The van der Waals surface area contributed by atoms with Crippen LogP contribution in [-0.4, -0.2) is 84.6 Å². The molecule has 3 heterocycles. The summed E-state index contributed by atoms with van der Waals surface area (Å²) in [7, 11) is 0. The van der Waals surface area contributed by atoms with E-state index in [1.54, 1.807) is 23.1 Å². The summed E-state index contributed by atoms with van der Waals surface area (Å²) in [5, 5.41) is 3.04. The van der Waals surface area contributed by atoms with E-state index in [0.717, 1.165) is 25.7 Å². The van der Waals surface area contributed by atoms with E-state index in [1.807, 2.05) is 6.07 Å². The summed E-state index contributed by atoms with van der Waals surface area (Å²) in [6.45, 7) is 2.12. The van der Waals surface area contributed by atoms with Gasteiger partial charge in [0.1, 0.15) is 11.8 Å². The van der Waals surface area contributed by atoms with Crippen molar-refractivity contribution in [1.82, 2.24) is 15.1 Å². The van der Waals surface area contributed by atoms with Crippen molar-refractivity contribution < 1.29 is 27.8 Å². The van der Waals surface area contributed by atoms with Gasteiger partial charge in [0.2, 0.25) is 11.8 Å². The molecule has 0 spiro atoms. The number of amides is 2. The van der Waals surface area contributed by atoms with Crippen LogP contribution in [0.25, 0.3) is 0 Å². The third-order valence-electron chi connectivity index (χ3n) is 7.93. The van der Waals surface area contributed by atoms with Crippen molar-refractivity contribution in [2.24, 2.45) is 0 Å². The predicted molar refractivity (Wildman–Crippen MR) is 126 cm³/mol. The molecule has 1 saturated carbocycles. The molecule has 4 aliphatic rings. The van der Waals surface area contributed by atoms with Crippen LogP contribution in [0.15, 0.2) is 24.3 Å². The Morgan fingerprint density at radius 1 is 0.971 bits per heavy atom. The number of carbonyl (C=O) groups excluding carboxylic acids is 2. The number of alkyl halides is 2. The van der Waals surface area contributed by atoms with E-state index in [4.69, 9.17) is 9.47 Å². The van der Waals surface area contributed by atoms with Crippen molar-refractivity contribution in [3.8, 4) is 5.75 Å². The van der Waals surface area contributed by atoms with Crippen molar-refractivity contribution in [2.45, 2.75) is 81.6 Å². The summed E-state index contributed by atoms with van der Waals surface area (Å²) < 4.78 is 39.7. The lowest BCUT2D eigenvalue weighted by Crippen LogP contribution is -2.63. The first-order valence-corrected chi connectivity index (χ1v) is 13.0. The van der Waals surface area contributed by atoms with Crippen molar-refractivity contribution in [1.29, 1.82) is 0 Å². The number of para-hydroxylation sites is 1. The van der Waals surface area contributed by atoms with Gasteiger partial charge in [-0.15, -0.1) is 0 Å². The van der Waals surface area contributed by atoms with Crippen LogP contribution in [0.1, 0.15) is 61.7 Å². The monoisotopic (exact) mass is 491 g/mol.